The Kier molecular flexibility index (Phi) is 8.12. The minimum Gasteiger partial charge on any atom is -0.493 e. The van der Waals surface area contributed by atoms with E-state index in [1.807, 2.05) is 32.0 Å². The first kappa shape index (κ1) is 17.8. The van der Waals surface area contributed by atoms with E-state index >= 15 is 0 Å². The molecule has 1 rings (SSSR count). The average molecular weight is 297 g/mol. The van der Waals surface area contributed by atoms with E-state index in [-0.39, 0.29) is 12.2 Å². The normalized spacial score (nSPS) is 12.5. The Morgan fingerprint density at radius 3 is 2.43 bits per heavy atom. The molecule has 5 nitrogen and oxygen atoms in total. The fraction of sp³-hybridized carbons (Fsp3) is 0.625. The topological polar surface area (TPSA) is 49.0 Å². The van der Waals surface area contributed by atoms with Crippen molar-refractivity contribution < 1.29 is 18.9 Å². The van der Waals surface area contributed by atoms with Crippen LogP contribution in [0, 0.1) is 0 Å². The van der Waals surface area contributed by atoms with Crippen molar-refractivity contribution in [2.45, 2.75) is 32.6 Å². The Morgan fingerprint density at radius 1 is 1.10 bits per heavy atom. The first-order valence-electron chi connectivity index (χ1n) is 7.16. The molecule has 120 valence electrons. The van der Waals surface area contributed by atoms with Crippen LogP contribution in [0.25, 0.3) is 0 Å². The van der Waals surface area contributed by atoms with Crippen molar-refractivity contribution in [2.75, 3.05) is 34.5 Å². The number of rotatable bonds is 10. The second-order valence-corrected chi connectivity index (χ2v) is 5.10. The zero-order valence-electron chi connectivity index (χ0n) is 13.6. The third kappa shape index (κ3) is 6.33. The Labute approximate surface area is 127 Å². The van der Waals surface area contributed by atoms with Gasteiger partial charge in [-0.15, -0.1) is 0 Å². The molecule has 0 aliphatic carbocycles. The predicted molar refractivity (Wildman–Crippen MR) is 83.1 cm³/mol. The Balaban J connectivity index is 2.56. The number of nitrogens with one attached hydrogen (secondary N) is 1. The van der Waals surface area contributed by atoms with Gasteiger partial charge in [0.2, 0.25) is 0 Å². The number of benzene rings is 1. The summed E-state index contributed by atoms with van der Waals surface area (Å²) < 4.78 is 21.5. The molecule has 1 aromatic rings. The summed E-state index contributed by atoms with van der Waals surface area (Å²) in [5, 5.41) is 3.35. The van der Waals surface area contributed by atoms with Gasteiger partial charge in [0.05, 0.1) is 25.9 Å². The zero-order chi connectivity index (χ0) is 15.7. The highest BCUT2D eigenvalue weighted by atomic mass is 16.5. The number of ether oxygens (including phenoxy) is 4. The summed E-state index contributed by atoms with van der Waals surface area (Å²) in [6.07, 6.45) is 0.180. The van der Waals surface area contributed by atoms with Gasteiger partial charge in [-0.05, 0) is 31.5 Å². The fourth-order valence-corrected chi connectivity index (χ4v) is 1.95. The average Bonchev–Trinajstić information content (AvgIpc) is 2.47. The lowest BCUT2D eigenvalue weighted by Gasteiger charge is -2.16. The summed E-state index contributed by atoms with van der Waals surface area (Å²) in [5.41, 5.74) is 1.13. The summed E-state index contributed by atoms with van der Waals surface area (Å²) >= 11 is 0. The summed E-state index contributed by atoms with van der Waals surface area (Å²) in [6.45, 7) is 6.04. The van der Waals surface area contributed by atoms with Gasteiger partial charge in [-0.3, -0.25) is 0 Å². The molecule has 1 unspecified atom stereocenters. The van der Waals surface area contributed by atoms with E-state index in [1.165, 1.54) is 0 Å². The van der Waals surface area contributed by atoms with E-state index < -0.39 is 0 Å². The Bertz CT molecular complexity index is 409. The predicted octanol–water partition coefficient (Wildman–Crippen LogP) is 2.23. The maximum atomic E-state index is 5.70. The van der Waals surface area contributed by atoms with E-state index in [9.17, 15) is 0 Å². The lowest BCUT2D eigenvalue weighted by molar-refractivity contribution is 0.0288. The molecule has 0 aliphatic rings. The van der Waals surface area contributed by atoms with Crippen LogP contribution in [0.1, 0.15) is 19.4 Å². The van der Waals surface area contributed by atoms with E-state index in [4.69, 9.17) is 18.9 Å². The van der Waals surface area contributed by atoms with Gasteiger partial charge in [-0.1, -0.05) is 6.07 Å². The molecule has 0 radical (unpaired) electrons. The molecule has 0 aliphatic heterocycles. The van der Waals surface area contributed by atoms with Crippen molar-refractivity contribution in [3.05, 3.63) is 23.8 Å². The van der Waals surface area contributed by atoms with Crippen LogP contribution in [0.15, 0.2) is 18.2 Å². The zero-order valence-corrected chi connectivity index (χ0v) is 13.6. The summed E-state index contributed by atoms with van der Waals surface area (Å²) in [4.78, 5) is 0. The summed E-state index contributed by atoms with van der Waals surface area (Å²) in [5.74, 6) is 1.52. The molecule has 0 bridgehead atoms. The van der Waals surface area contributed by atoms with Gasteiger partial charge in [0, 0.05) is 27.3 Å². The van der Waals surface area contributed by atoms with Crippen LogP contribution in [-0.2, 0) is 16.0 Å². The second kappa shape index (κ2) is 9.60. The SMILES string of the molecule is COCC(CNCc1ccc(OC(C)C)c(OC)c1)OC. The highest BCUT2D eigenvalue weighted by Gasteiger charge is 2.09. The van der Waals surface area contributed by atoms with Crippen LogP contribution >= 0.6 is 0 Å². The number of methoxy groups -OCH3 is 3. The van der Waals surface area contributed by atoms with Gasteiger partial charge in [0.25, 0.3) is 0 Å². The molecule has 0 aromatic heterocycles. The third-order valence-corrected chi connectivity index (χ3v) is 2.98. The molecular formula is C16H27NO4. The monoisotopic (exact) mass is 297 g/mol. The molecular weight excluding hydrogens is 270 g/mol. The lowest BCUT2D eigenvalue weighted by Crippen LogP contribution is -2.31. The van der Waals surface area contributed by atoms with Crippen molar-refractivity contribution in [1.82, 2.24) is 5.32 Å². The standard InChI is InChI=1S/C16H27NO4/c1-12(2)21-15-7-6-13(8-16(15)20-5)9-17-10-14(19-4)11-18-3/h6-8,12,14,17H,9-11H2,1-5H3. The molecule has 1 atom stereocenters. The van der Waals surface area contributed by atoms with Crippen LogP contribution in [0.4, 0.5) is 0 Å². The molecule has 0 amide bonds. The van der Waals surface area contributed by atoms with Crippen molar-refractivity contribution in [3.63, 3.8) is 0 Å². The van der Waals surface area contributed by atoms with E-state index in [0.29, 0.717) is 6.61 Å². The minimum atomic E-state index is 0.0560. The lowest BCUT2D eigenvalue weighted by atomic mass is 10.2. The Morgan fingerprint density at radius 2 is 1.86 bits per heavy atom. The molecule has 0 fully saturated rings. The van der Waals surface area contributed by atoms with Crippen molar-refractivity contribution >= 4 is 0 Å². The number of hydrogen-bond acceptors (Lipinski definition) is 5. The third-order valence-electron chi connectivity index (χ3n) is 2.98. The molecule has 1 N–H and O–H groups in total. The first-order valence-corrected chi connectivity index (χ1v) is 7.16. The van der Waals surface area contributed by atoms with Gasteiger partial charge in [0.1, 0.15) is 0 Å². The van der Waals surface area contributed by atoms with Gasteiger partial charge >= 0.3 is 0 Å². The van der Waals surface area contributed by atoms with E-state index in [0.717, 1.165) is 30.2 Å². The van der Waals surface area contributed by atoms with E-state index in [2.05, 4.69) is 5.32 Å². The van der Waals surface area contributed by atoms with Crippen LogP contribution in [0.2, 0.25) is 0 Å². The van der Waals surface area contributed by atoms with Crippen molar-refractivity contribution in [1.29, 1.82) is 0 Å². The van der Waals surface area contributed by atoms with Crippen molar-refractivity contribution in [2.24, 2.45) is 0 Å². The van der Waals surface area contributed by atoms with Crippen LogP contribution in [0.5, 0.6) is 11.5 Å². The Hall–Kier alpha value is -1.30. The molecule has 0 saturated carbocycles. The summed E-state index contributed by atoms with van der Waals surface area (Å²) in [6, 6.07) is 5.97. The van der Waals surface area contributed by atoms with Crippen molar-refractivity contribution in [3.8, 4) is 11.5 Å². The van der Waals surface area contributed by atoms with Gasteiger partial charge in [0.15, 0.2) is 11.5 Å². The highest BCUT2D eigenvalue weighted by molar-refractivity contribution is 5.43. The molecule has 5 heteroatoms. The highest BCUT2D eigenvalue weighted by Crippen LogP contribution is 2.28. The fourth-order valence-electron chi connectivity index (χ4n) is 1.95. The maximum Gasteiger partial charge on any atom is 0.161 e. The largest absolute Gasteiger partial charge is 0.493 e. The van der Waals surface area contributed by atoms with Crippen LogP contribution in [-0.4, -0.2) is 46.7 Å². The maximum absolute atomic E-state index is 5.70. The molecule has 21 heavy (non-hydrogen) atoms. The molecule has 1 aromatic carbocycles. The quantitative estimate of drug-likeness (QED) is 0.717. The summed E-state index contributed by atoms with van der Waals surface area (Å²) in [7, 11) is 5.01. The first-order chi connectivity index (χ1) is 10.1. The van der Waals surface area contributed by atoms with Crippen LogP contribution in [0.3, 0.4) is 0 Å². The second-order valence-electron chi connectivity index (χ2n) is 5.10. The van der Waals surface area contributed by atoms with Gasteiger partial charge in [-0.25, -0.2) is 0 Å². The molecule has 0 saturated heterocycles. The van der Waals surface area contributed by atoms with Crippen LogP contribution < -0.4 is 14.8 Å². The minimum absolute atomic E-state index is 0.0560. The van der Waals surface area contributed by atoms with Gasteiger partial charge in [-0.2, -0.15) is 0 Å². The number of hydrogen-bond donors (Lipinski definition) is 1. The van der Waals surface area contributed by atoms with E-state index in [1.54, 1.807) is 21.3 Å². The van der Waals surface area contributed by atoms with Gasteiger partial charge < -0.3 is 24.3 Å². The molecule has 0 heterocycles. The molecule has 0 spiro atoms. The smallest absolute Gasteiger partial charge is 0.161 e.